The van der Waals surface area contributed by atoms with E-state index in [4.69, 9.17) is 5.11 Å². The molecule has 2 unspecified atom stereocenters. The van der Waals surface area contributed by atoms with Crippen molar-refractivity contribution in [3.63, 3.8) is 0 Å². The summed E-state index contributed by atoms with van der Waals surface area (Å²) in [6, 6.07) is 0.573. The maximum absolute atomic E-state index is 11.7. The van der Waals surface area contributed by atoms with Crippen LogP contribution in [0.4, 0.5) is 0 Å². The van der Waals surface area contributed by atoms with Crippen LogP contribution in [0.25, 0.3) is 0 Å². The van der Waals surface area contributed by atoms with E-state index in [0.29, 0.717) is 32.0 Å². The van der Waals surface area contributed by atoms with Gasteiger partial charge in [0.05, 0.1) is 12.5 Å². The second-order valence-corrected chi connectivity index (χ2v) is 5.22. The van der Waals surface area contributed by atoms with Gasteiger partial charge in [0.2, 0.25) is 5.91 Å². The van der Waals surface area contributed by atoms with Crippen molar-refractivity contribution in [3.05, 3.63) is 0 Å². The van der Waals surface area contributed by atoms with E-state index in [0.717, 1.165) is 12.8 Å². The Morgan fingerprint density at radius 3 is 2.59 bits per heavy atom. The number of nitrogens with zero attached hydrogens (tertiary/aromatic N) is 1. The lowest BCUT2D eigenvalue weighted by Crippen LogP contribution is -2.47. The summed E-state index contributed by atoms with van der Waals surface area (Å²) in [7, 11) is 0. The summed E-state index contributed by atoms with van der Waals surface area (Å²) >= 11 is 0. The summed E-state index contributed by atoms with van der Waals surface area (Å²) in [4.78, 5) is 24.6. The number of carbonyl (C=O) groups excluding carboxylic acids is 1. The van der Waals surface area contributed by atoms with E-state index in [1.807, 2.05) is 6.92 Å². The van der Waals surface area contributed by atoms with Crippen LogP contribution in [0.1, 0.15) is 32.6 Å². The Kier molecular flexibility index (Phi) is 3.66. The summed E-state index contributed by atoms with van der Waals surface area (Å²) in [6.07, 6.45) is 3.49. The second kappa shape index (κ2) is 5.04. The molecule has 1 amide bonds. The van der Waals surface area contributed by atoms with Gasteiger partial charge in [-0.3, -0.25) is 14.5 Å². The number of hydrogen-bond acceptors (Lipinski definition) is 3. The van der Waals surface area contributed by atoms with Gasteiger partial charge in [0, 0.05) is 12.1 Å². The number of likely N-dealkylation sites (tertiary alicyclic amines) is 1. The molecule has 1 heterocycles. The minimum atomic E-state index is -0.709. The number of hydrogen-bond donors (Lipinski definition) is 2. The highest BCUT2D eigenvalue weighted by Gasteiger charge is 2.31. The van der Waals surface area contributed by atoms with Gasteiger partial charge < -0.3 is 10.4 Å². The number of piperidine rings is 1. The summed E-state index contributed by atoms with van der Waals surface area (Å²) in [5, 5.41) is 11.9. The second-order valence-electron chi connectivity index (χ2n) is 5.22. The largest absolute Gasteiger partial charge is 0.481 e. The van der Waals surface area contributed by atoms with Crippen LogP contribution in [0, 0.1) is 5.92 Å². The number of nitrogens with one attached hydrogen (secondary N) is 1. The topological polar surface area (TPSA) is 69.6 Å². The van der Waals surface area contributed by atoms with Crippen molar-refractivity contribution in [1.82, 2.24) is 10.2 Å². The van der Waals surface area contributed by atoms with Gasteiger partial charge in [0.25, 0.3) is 0 Å². The molecule has 5 nitrogen and oxygen atoms in total. The lowest BCUT2D eigenvalue weighted by atomic mass is 9.92. The van der Waals surface area contributed by atoms with Crippen molar-refractivity contribution in [2.75, 3.05) is 13.1 Å². The molecule has 0 aromatic heterocycles. The third-order valence-corrected chi connectivity index (χ3v) is 3.65. The SMILES string of the molecule is CC1CC(C(=O)O)CCN1CC(=O)NC1CC1. The first-order valence-electron chi connectivity index (χ1n) is 6.32. The average Bonchev–Trinajstić information content (AvgIpc) is 3.04. The highest BCUT2D eigenvalue weighted by molar-refractivity contribution is 5.78. The molecule has 2 aliphatic rings. The van der Waals surface area contributed by atoms with E-state index in [9.17, 15) is 9.59 Å². The quantitative estimate of drug-likeness (QED) is 0.748. The molecule has 2 rings (SSSR count). The van der Waals surface area contributed by atoms with E-state index in [2.05, 4.69) is 10.2 Å². The predicted octanol–water partition coefficient (Wildman–Crippen LogP) is 0.450. The zero-order valence-electron chi connectivity index (χ0n) is 10.2. The fraction of sp³-hybridized carbons (Fsp3) is 0.833. The predicted molar refractivity (Wildman–Crippen MR) is 62.6 cm³/mol. The van der Waals surface area contributed by atoms with Gasteiger partial charge in [0.15, 0.2) is 0 Å². The number of carboxylic acid groups (broad SMARTS) is 1. The van der Waals surface area contributed by atoms with Crippen LogP contribution in [0.3, 0.4) is 0 Å². The van der Waals surface area contributed by atoms with Gasteiger partial charge in [-0.2, -0.15) is 0 Å². The van der Waals surface area contributed by atoms with Crippen molar-refractivity contribution in [3.8, 4) is 0 Å². The van der Waals surface area contributed by atoms with Crippen molar-refractivity contribution in [1.29, 1.82) is 0 Å². The number of aliphatic carboxylic acids is 1. The minimum Gasteiger partial charge on any atom is -0.481 e. The maximum Gasteiger partial charge on any atom is 0.306 e. The van der Waals surface area contributed by atoms with Crippen LogP contribution in [-0.4, -0.2) is 47.1 Å². The van der Waals surface area contributed by atoms with Gasteiger partial charge in [-0.1, -0.05) is 0 Å². The zero-order valence-corrected chi connectivity index (χ0v) is 10.2. The van der Waals surface area contributed by atoms with Gasteiger partial charge in [0.1, 0.15) is 0 Å². The van der Waals surface area contributed by atoms with Crippen molar-refractivity contribution >= 4 is 11.9 Å². The smallest absolute Gasteiger partial charge is 0.306 e. The molecule has 0 radical (unpaired) electrons. The molecule has 1 saturated carbocycles. The number of amides is 1. The molecule has 2 N–H and O–H groups in total. The lowest BCUT2D eigenvalue weighted by Gasteiger charge is -2.35. The molecule has 1 saturated heterocycles. The molecule has 5 heteroatoms. The molecule has 0 aromatic rings. The molecule has 1 aliphatic heterocycles. The Morgan fingerprint density at radius 2 is 2.06 bits per heavy atom. The molecular formula is C12H20N2O3. The molecule has 2 fully saturated rings. The summed E-state index contributed by atoms with van der Waals surface area (Å²) in [6.45, 7) is 3.11. The Labute approximate surface area is 101 Å². The van der Waals surface area contributed by atoms with Crippen LogP contribution in [0.5, 0.6) is 0 Å². The van der Waals surface area contributed by atoms with Crippen LogP contribution in [-0.2, 0) is 9.59 Å². The van der Waals surface area contributed by atoms with Gasteiger partial charge >= 0.3 is 5.97 Å². The first-order chi connectivity index (χ1) is 8.06. The fourth-order valence-electron chi connectivity index (χ4n) is 2.37. The highest BCUT2D eigenvalue weighted by Crippen LogP contribution is 2.23. The van der Waals surface area contributed by atoms with Gasteiger partial charge in [-0.15, -0.1) is 0 Å². The average molecular weight is 240 g/mol. The summed E-state index contributed by atoms with van der Waals surface area (Å²) < 4.78 is 0. The maximum atomic E-state index is 11.7. The third kappa shape index (κ3) is 3.43. The van der Waals surface area contributed by atoms with Crippen LogP contribution in [0.15, 0.2) is 0 Å². The van der Waals surface area contributed by atoms with Crippen LogP contribution < -0.4 is 5.32 Å². The van der Waals surface area contributed by atoms with E-state index in [-0.39, 0.29) is 17.9 Å². The Hall–Kier alpha value is -1.10. The van der Waals surface area contributed by atoms with Crippen molar-refractivity contribution < 1.29 is 14.7 Å². The monoisotopic (exact) mass is 240 g/mol. The van der Waals surface area contributed by atoms with E-state index < -0.39 is 5.97 Å². The highest BCUT2D eigenvalue weighted by atomic mass is 16.4. The Morgan fingerprint density at radius 1 is 1.35 bits per heavy atom. The molecule has 96 valence electrons. The number of carboxylic acids is 1. The van der Waals surface area contributed by atoms with Crippen LogP contribution in [0.2, 0.25) is 0 Å². The molecule has 0 aromatic carbocycles. The lowest BCUT2D eigenvalue weighted by molar-refractivity contribution is -0.144. The molecule has 17 heavy (non-hydrogen) atoms. The molecular weight excluding hydrogens is 220 g/mol. The standard InChI is InChI=1S/C12H20N2O3/c1-8-6-9(12(16)17)4-5-14(8)7-11(15)13-10-2-3-10/h8-10H,2-7H2,1H3,(H,13,15)(H,16,17). The molecule has 1 aliphatic carbocycles. The van der Waals surface area contributed by atoms with Crippen LogP contribution >= 0.6 is 0 Å². The Bertz CT molecular complexity index is 315. The van der Waals surface area contributed by atoms with Gasteiger partial charge in [-0.05, 0) is 39.2 Å². The summed E-state index contributed by atoms with van der Waals surface area (Å²) in [5.41, 5.74) is 0. The van der Waals surface area contributed by atoms with Crippen molar-refractivity contribution in [2.45, 2.75) is 44.7 Å². The molecule has 2 atom stereocenters. The first kappa shape index (κ1) is 12.4. The van der Waals surface area contributed by atoms with Gasteiger partial charge in [-0.25, -0.2) is 0 Å². The number of carbonyl (C=O) groups is 2. The summed E-state index contributed by atoms with van der Waals surface area (Å²) in [5.74, 6) is -0.875. The molecule has 0 bridgehead atoms. The normalized spacial score (nSPS) is 29.9. The zero-order chi connectivity index (χ0) is 12.4. The fourth-order valence-corrected chi connectivity index (χ4v) is 2.37. The van der Waals surface area contributed by atoms with Crippen molar-refractivity contribution in [2.24, 2.45) is 5.92 Å². The third-order valence-electron chi connectivity index (χ3n) is 3.65. The number of rotatable bonds is 4. The molecule has 0 spiro atoms. The minimum absolute atomic E-state index is 0.0770. The van der Waals surface area contributed by atoms with E-state index in [1.54, 1.807) is 0 Å². The van der Waals surface area contributed by atoms with E-state index >= 15 is 0 Å². The first-order valence-corrected chi connectivity index (χ1v) is 6.32. The Balaban J connectivity index is 1.77. The van der Waals surface area contributed by atoms with E-state index in [1.165, 1.54) is 0 Å².